The zero-order valence-electron chi connectivity index (χ0n) is 17.9. The number of halogens is 2. The van der Waals surface area contributed by atoms with Crippen molar-refractivity contribution in [3.05, 3.63) is 87.9 Å². The number of rotatable bonds is 11. The molecule has 3 rings (SSSR count). The Balaban J connectivity index is 1.57. The number of nitrogens with one attached hydrogen (secondary N) is 1. The first kappa shape index (κ1) is 26.0. The van der Waals surface area contributed by atoms with Gasteiger partial charge in [-0.15, -0.1) is 0 Å². The summed E-state index contributed by atoms with van der Waals surface area (Å²) in [6, 6.07) is 17.4. The van der Waals surface area contributed by atoms with Crippen molar-refractivity contribution in [2.24, 2.45) is 0 Å². The molecule has 0 saturated heterocycles. The average molecular weight is 524 g/mol. The van der Waals surface area contributed by atoms with Gasteiger partial charge in [0.25, 0.3) is 0 Å². The van der Waals surface area contributed by atoms with E-state index >= 15 is 0 Å². The van der Waals surface area contributed by atoms with Crippen LogP contribution in [0.2, 0.25) is 10.0 Å². The van der Waals surface area contributed by atoms with Crippen molar-refractivity contribution in [1.82, 2.24) is 5.32 Å². The lowest BCUT2D eigenvalue weighted by molar-refractivity contribution is -0.139. The number of hydrogen-bond donors (Lipinski definition) is 3. The van der Waals surface area contributed by atoms with Gasteiger partial charge in [-0.25, -0.2) is 13.2 Å². The molecule has 0 aliphatic rings. The molecule has 0 heterocycles. The summed E-state index contributed by atoms with van der Waals surface area (Å²) in [5.74, 6) is -1.08. The Labute approximate surface area is 207 Å². The molecule has 0 saturated carbocycles. The largest absolute Gasteiger partial charge is 0.480 e. The summed E-state index contributed by atoms with van der Waals surface area (Å²) in [4.78, 5) is 10.7. The number of aliphatic hydroxyl groups excluding tert-OH is 1. The van der Waals surface area contributed by atoms with E-state index in [0.29, 0.717) is 24.5 Å². The van der Waals surface area contributed by atoms with E-state index in [1.54, 1.807) is 36.4 Å². The summed E-state index contributed by atoms with van der Waals surface area (Å²) in [6.07, 6.45) is -0.0386. The number of carboxylic acid groups (broad SMARTS) is 1. The lowest BCUT2D eigenvalue weighted by Gasteiger charge is -2.13. The predicted molar refractivity (Wildman–Crippen MR) is 129 cm³/mol. The number of sulfone groups is 1. The molecule has 0 unspecified atom stereocenters. The number of aliphatic carboxylic acids is 1. The topological polar surface area (TPSA) is 113 Å². The van der Waals surface area contributed by atoms with E-state index in [0.717, 1.165) is 11.1 Å². The minimum atomic E-state index is -3.81. The third-order valence-corrected chi connectivity index (χ3v) is 7.26. The van der Waals surface area contributed by atoms with Gasteiger partial charge in [0.1, 0.15) is 5.75 Å². The first-order chi connectivity index (χ1) is 16.2. The minimum Gasteiger partial charge on any atom is -0.480 e. The standard InChI is InChI=1S/C24H23Cl2NO6S/c25-18-3-1-2-17(12-18)22(28)14-27-11-10-16-4-6-19(7-5-16)34(31,32)20-8-9-23(21(26)13-20)33-15-24(29)30/h1-9,12-13,22,27-28H,10-11,14-15H2,(H,29,30)/t22-/m1/s1. The molecule has 7 nitrogen and oxygen atoms in total. The van der Waals surface area contributed by atoms with Crippen LogP contribution in [0.15, 0.2) is 76.5 Å². The highest BCUT2D eigenvalue weighted by molar-refractivity contribution is 7.91. The quantitative estimate of drug-likeness (QED) is 0.323. The van der Waals surface area contributed by atoms with Crippen molar-refractivity contribution >= 4 is 39.0 Å². The fourth-order valence-corrected chi connectivity index (χ4v) is 4.97. The Morgan fingerprint density at radius 2 is 1.71 bits per heavy atom. The monoisotopic (exact) mass is 523 g/mol. The van der Waals surface area contributed by atoms with Crippen LogP contribution in [0, 0.1) is 0 Å². The van der Waals surface area contributed by atoms with E-state index in [1.807, 2.05) is 0 Å². The van der Waals surface area contributed by atoms with Crippen molar-refractivity contribution in [2.75, 3.05) is 19.7 Å². The van der Waals surface area contributed by atoms with Crippen LogP contribution in [-0.2, 0) is 21.1 Å². The maximum Gasteiger partial charge on any atom is 0.341 e. The second-order valence-corrected chi connectivity index (χ2v) is 10.2. The normalized spacial score (nSPS) is 12.3. The van der Waals surface area contributed by atoms with E-state index in [9.17, 15) is 18.3 Å². The molecule has 3 aromatic carbocycles. The van der Waals surface area contributed by atoms with Crippen LogP contribution in [0.4, 0.5) is 0 Å². The van der Waals surface area contributed by atoms with E-state index < -0.39 is 28.5 Å². The Kier molecular flexibility index (Phi) is 8.93. The summed E-state index contributed by atoms with van der Waals surface area (Å²) < 4.78 is 30.9. The van der Waals surface area contributed by atoms with Crippen molar-refractivity contribution < 1.29 is 28.2 Å². The molecular weight excluding hydrogens is 501 g/mol. The summed E-state index contributed by atoms with van der Waals surface area (Å²) in [7, 11) is -3.81. The Morgan fingerprint density at radius 3 is 2.35 bits per heavy atom. The third kappa shape index (κ3) is 6.94. The van der Waals surface area contributed by atoms with Crippen LogP contribution in [0.25, 0.3) is 0 Å². The molecule has 0 aromatic heterocycles. The molecule has 1 atom stereocenters. The number of carbonyl (C=O) groups is 1. The number of ether oxygens (including phenoxy) is 1. The molecule has 0 spiro atoms. The van der Waals surface area contributed by atoms with Gasteiger partial charge < -0.3 is 20.3 Å². The molecule has 0 aliphatic carbocycles. The molecular formula is C24H23Cl2NO6S. The van der Waals surface area contributed by atoms with Crippen LogP contribution in [0.3, 0.4) is 0 Å². The fraction of sp³-hybridized carbons (Fsp3) is 0.208. The van der Waals surface area contributed by atoms with Gasteiger partial charge >= 0.3 is 5.97 Å². The van der Waals surface area contributed by atoms with Gasteiger partial charge in [0.2, 0.25) is 9.84 Å². The maximum absolute atomic E-state index is 12.9. The summed E-state index contributed by atoms with van der Waals surface area (Å²) in [5.41, 5.74) is 1.66. The van der Waals surface area contributed by atoms with E-state index in [1.165, 1.54) is 30.3 Å². The highest BCUT2D eigenvalue weighted by Gasteiger charge is 2.19. The van der Waals surface area contributed by atoms with Crippen LogP contribution in [0.5, 0.6) is 5.75 Å². The fourth-order valence-electron chi connectivity index (χ4n) is 3.18. The zero-order valence-corrected chi connectivity index (χ0v) is 20.3. The number of aliphatic hydroxyl groups is 1. The van der Waals surface area contributed by atoms with Crippen LogP contribution >= 0.6 is 23.2 Å². The lowest BCUT2D eigenvalue weighted by atomic mass is 10.1. The van der Waals surface area contributed by atoms with Crippen LogP contribution < -0.4 is 10.1 Å². The molecule has 3 aromatic rings. The third-order valence-electron chi connectivity index (χ3n) is 4.96. The number of carboxylic acids is 1. The van der Waals surface area contributed by atoms with Crippen molar-refractivity contribution in [3.8, 4) is 5.75 Å². The first-order valence-corrected chi connectivity index (χ1v) is 12.5. The summed E-state index contributed by atoms with van der Waals surface area (Å²) in [5, 5.41) is 22.7. The van der Waals surface area contributed by atoms with Gasteiger partial charge in [-0.2, -0.15) is 0 Å². The minimum absolute atomic E-state index is 0.00461. The van der Waals surface area contributed by atoms with Crippen molar-refractivity contribution in [2.45, 2.75) is 22.3 Å². The predicted octanol–water partition coefficient (Wildman–Crippen LogP) is 4.16. The Morgan fingerprint density at radius 1 is 1.00 bits per heavy atom. The van der Waals surface area contributed by atoms with Gasteiger partial charge in [-0.05, 0) is 66.6 Å². The Hall–Kier alpha value is -2.62. The van der Waals surface area contributed by atoms with E-state index in [2.05, 4.69) is 5.32 Å². The van der Waals surface area contributed by atoms with Gasteiger partial charge in [0, 0.05) is 11.6 Å². The van der Waals surface area contributed by atoms with Gasteiger partial charge in [-0.3, -0.25) is 0 Å². The molecule has 0 fully saturated rings. The maximum atomic E-state index is 12.9. The smallest absolute Gasteiger partial charge is 0.341 e. The molecule has 10 heteroatoms. The van der Waals surface area contributed by atoms with Crippen molar-refractivity contribution in [3.63, 3.8) is 0 Å². The second-order valence-electron chi connectivity index (χ2n) is 7.45. The van der Waals surface area contributed by atoms with E-state index in [-0.39, 0.29) is 20.6 Å². The number of benzene rings is 3. The summed E-state index contributed by atoms with van der Waals surface area (Å²) in [6.45, 7) is 0.374. The van der Waals surface area contributed by atoms with Crippen molar-refractivity contribution in [1.29, 1.82) is 0 Å². The molecule has 0 aliphatic heterocycles. The highest BCUT2D eigenvalue weighted by atomic mass is 35.5. The molecule has 180 valence electrons. The molecule has 0 bridgehead atoms. The van der Waals surface area contributed by atoms with Gasteiger partial charge in [-0.1, -0.05) is 47.5 Å². The molecule has 0 amide bonds. The highest BCUT2D eigenvalue weighted by Crippen LogP contribution is 2.30. The van der Waals surface area contributed by atoms with Gasteiger partial charge in [0.15, 0.2) is 6.61 Å². The lowest BCUT2D eigenvalue weighted by Crippen LogP contribution is -2.23. The van der Waals surface area contributed by atoms with Gasteiger partial charge in [0.05, 0.1) is 20.9 Å². The number of hydrogen-bond acceptors (Lipinski definition) is 6. The zero-order chi connectivity index (χ0) is 24.7. The van der Waals surface area contributed by atoms with Crippen LogP contribution in [0.1, 0.15) is 17.2 Å². The molecule has 0 radical (unpaired) electrons. The van der Waals surface area contributed by atoms with E-state index in [4.69, 9.17) is 33.0 Å². The molecule has 3 N–H and O–H groups in total. The first-order valence-electron chi connectivity index (χ1n) is 10.3. The second kappa shape index (κ2) is 11.7. The molecule has 34 heavy (non-hydrogen) atoms. The average Bonchev–Trinajstić information content (AvgIpc) is 2.81. The summed E-state index contributed by atoms with van der Waals surface area (Å²) >= 11 is 12.0. The SMILES string of the molecule is O=C(O)COc1ccc(S(=O)(=O)c2ccc(CCNC[C@@H](O)c3cccc(Cl)c3)cc2)cc1Cl. The van der Waals surface area contributed by atoms with Crippen LogP contribution in [-0.4, -0.2) is 44.3 Å². The Bertz CT molecular complexity index is 1250.